The molecule has 4 heteroatoms. The van der Waals surface area contributed by atoms with Crippen LogP contribution in [0.5, 0.6) is 0 Å². The average molecular weight is 327 g/mol. The first-order valence-corrected chi connectivity index (χ1v) is 8.18. The van der Waals surface area contributed by atoms with Crippen LogP contribution in [0.2, 0.25) is 0 Å². The number of benzene rings is 3. The van der Waals surface area contributed by atoms with Gasteiger partial charge < -0.3 is 0 Å². The summed E-state index contributed by atoms with van der Waals surface area (Å²) in [6, 6.07) is 27.1. The van der Waals surface area contributed by atoms with Crippen molar-refractivity contribution in [3.63, 3.8) is 0 Å². The lowest BCUT2D eigenvalue weighted by Gasteiger charge is -2.15. The van der Waals surface area contributed by atoms with Crippen LogP contribution in [-0.4, -0.2) is 9.66 Å². The molecule has 1 N–H and O–H groups in total. The number of rotatable bonds is 4. The molecular weight excluding hydrogens is 310 g/mol. The molecule has 0 aliphatic carbocycles. The van der Waals surface area contributed by atoms with Gasteiger partial charge in [-0.15, -0.1) is 0 Å². The van der Waals surface area contributed by atoms with Crippen molar-refractivity contribution in [1.82, 2.24) is 9.66 Å². The van der Waals surface area contributed by atoms with E-state index in [9.17, 15) is 4.79 Å². The molecule has 0 unspecified atom stereocenters. The van der Waals surface area contributed by atoms with Crippen molar-refractivity contribution in [2.24, 2.45) is 0 Å². The van der Waals surface area contributed by atoms with Gasteiger partial charge in [0.25, 0.3) is 5.56 Å². The predicted octanol–water partition coefficient (Wildman–Crippen LogP) is 3.86. The molecular formula is C21H17N3O. The monoisotopic (exact) mass is 327 g/mol. The minimum atomic E-state index is -0.0969. The fourth-order valence-electron chi connectivity index (χ4n) is 2.83. The van der Waals surface area contributed by atoms with Gasteiger partial charge in [-0.25, -0.2) is 9.66 Å². The molecule has 0 saturated heterocycles. The predicted molar refractivity (Wildman–Crippen MR) is 101 cm³/mol. The second kappa shape index (κ2) is 6.61. The van der Waals surface area contributed by atoms with Gasteiger partial charge in [0.2, 0.25) is 0 Å². The fourth-order valence-corrected chi connectivity index (χ4v) is 2.83. The lowest BCUT2D eigenvalue weighted by atomic mass is 10.1. The van der Waals surface area contributed by atoms with Crippen molar-refractivity contribution >= 4 is 16.6 Å². The zero-order chi connectivity index (χ0) is 17.1. The van der Waals surface area contributed by atoms with E-state index in [0.29, 0.717) is 23.1 Å². The van der Waals surface area contributed by atoms with Crippen LogP contribution in [0.25, 0.3) is 10.9 Å². The molecule has 25 heavy (non-hydrogen) atoms. The summed E-state index contributed by atoms with van der Waals surface area (Å²) in [4.78, 5) is 17.7. The smallest absolute Gasteiger partial charge is 0.280 e. The maximum absolute atomic E-state index is 13.0. The van der Waals surface area contributed by atoms with E-state index in [0.717, 1.165) is 11.3 Å². The number of nitrogens with one attached hydrogen (secondary N) is 1. The van der Waals surface area contributed by atoms with Crippen LogP contribution >= 0.6 is 0 Å². The molecule has 1 heterocycles. The van der Waals surface area contributed by atoms with Crippen LogP contribution in [0.4, 0.5) is 5.69 Å². The molecule has 0 atom stereocenters. The molecule has 0 bridgehead atoms. The first-order valence-electron chi connectivity index (χ1n) is 8.18. The van der Waals surface area contributed by atoms with Gasteiger partial charge in [0.15, 0.2) is 0 Å². The lowest BCUT2D eigenvalue weighted by molar-refractivity contribution is 0.792. The summed E-state index contributed by atoms with van der Waals surface area (Å²) >= 11 is 0. The summed E-state index contributed by atoms with van der Waals surface area (Å²) < 4.78 is 1.55. The molecule has 4 nitrogen and oxygen atoms in total. The number of anilines is 1. The molecule has 4 aromatic rings. The highest BCUT2D eigenvalue weighted by Crippen LogP contribution is 2.13. The topological polar surface area (TPSA) is 46.9 Å². The largest absolute Gasteiger partial charge is 0.290 e. The Morgan fingerprint density at radius 3 is 2.20 bits per heavy atom. The van der Waals surface area contributed by atoms with E-state index in [2.05, 4.69) is 5.43 Å². The molecule has 0 aliphatic rings. The Balaban J connectivity index is 1.86. The molecule has 4 rings (SSSR count). The Hall–Kier alpha value is -3.40. The molecule has 0 fully saturated rings. The first kappa shape index (κ1) is 15.1. The highest BCUT2D eigenvalue weighted by molar-refractivity contribution is 5.77. The van der Waals surface area contributed by atoms with Gasteiger partial charge in [-0.1, -0.05) is 60.7 Å². The Labute approximate surface area is 145 Å². The van der Waals surface area contributed by atoms with Crippen LogP contribution in [0.3, 0.4) is 0 Å². The molecule has 122 valence electrons. The van der Waals surface area contributed by atoms with Crippen LogP contribution in [-0.2, 0) is 6.42 Å². The van der Waals surface area contributed by atoms with E-state index in [4.69, 9.17) is 4.98 Å². The van der Waals surface area contributed by atoms with Gasteiger partial charge >= 0.3 is 0 Å². The van der Waals surface area contributed by atoms with Crippen LogP contribution in [0, 0.1) is 0 Å². The molecule has 0 saturated carbocycles. The number of aromatic nitrogens is 2. The zero-order valence-electron chi connectivity index (χ0n) is 13.6. The SMILES string of the molecule is O=c1c2ccccc2nc(Cc2ccccc2)n1Nc1ccccc1. The third kappa shape index (κ3) is 3.15. The number of fused-ring (bicyclic) bond motifs is 1. The van der Waals surface area contributed by atoms with E-state index in [1.807, 2.05) is 78.9 Å². The minimum absolute atomic E-state index is 0.0969. The molecule has 3 aromatic carbocycles. The Kier molecular flexibility index (Phi) is 4.01. The van der Waals surface area contributed by atoms with Crippen molar-refractivity contribution in [2.75, 3.05) is 5.43 Å². The molecule has 0 spiro atoms. The van der Waals surface area contributed by atoms with E-state index in [1.165, 1.54) is 0 Å². The number of hydrogen-bond acceptors (Lipinski definition) is 3. The fraction of sp³-hybridized carbons (Fsp3) is 0.0476. The quantitative estimate of drug-likeness (QED) is 0.619. The zero-order valence-corrected chi connectivity index (χ0v) is 13.6. The molecule has 1 aromatic heterocycles. The molecule has 0 amide bonds. The summed E-state index contributed by atoms with van der Waals surface area (Å²) in [6.07, 6.45) is 0.570. The highest BCUT2D eigenvalue weighted by atomic mass is 16.1. The van der Waals surface area contributed by atoms with Crippen LogP contribution in [0.1, 0.15) is 11.4 Å². The van der Waals surface area contributed by atoms with E-state index in [-0.39, 0.29) is 5.56 Å². The van der Waals surface area contributed by atoms with Gasteiger partial charge in [-0.2, -0.15) is 0 Å². The maximum Gasteiger partial charge on any atom is 0.280 e. The summed E-state index contributed by atoms with van der Waals surface area (Å²) in [5.41, 5.74) is 5.76. The van der Waals surface area contributed by atoms with Crippen LogP contribution in [0.15, 0.2) is 89.7 Å². The number of para-hydroxylation sites is 2. The summed E-state index contributed by atoms with van der Waals surface area (Å²) in [5.74, 6) is 0.679. The number of nitrogens with zero attached hydrogens (tertiary/aromatic N) is 2. The third-order valence-corrected chi connectivity index (χ3v) is 4.06. The highest BCUT2D eigenvalue weighted by Gasteiger charge is 2.11. The summed E-state index contributed by atoms with van der Waals surface area (Å²) in [5, 5.41) is 0.600. The normalized spacial score (nSPS) is 10.7. The average Bonchev–Trinajstić information content (AvgIpc) is 2.67. The van der Waals surface area contributed by atoms with Crippen LogP contribution < -0.4 is 11.0 Å². The maximum atomic E-state index is 13.0. The van der Waals surface area contributed by atoms with E-state index < -0.39 is 0 Å². The van der Waals surface area contributed by atoms with Crippen molar-refractivity contribution in [3.8, 4) is 0 Å². The summed E-state index contributed by atoms with van der Waals surface area (Å²) in [6.45, 7) is 0. The Morgan fingerprint density at radius 2 is 1.44 bits per heavy atom. The first-order chi connectivity index (χ1) is 12.3. The van der Waals surface area contributed by atoms with Crippen molar-refractivity contribution in [2.45, 2.75) is 6.42 Å². The Bertz CT molecular complexity index is 1060. The van der Waals surface area contributed by atoms with Crippen molar-refractivity contribution in [1.29, 1.82) is 0 Å². The van der Waals surface area contributed by atoms with Gasteiger partial charge in [0, 0.05) is 6.42 Å². The molecule has 0 aliphatic heterocycles. The Morgan fingerprint density at radius 1 is 0.800 bits per heavy atom. The minimum Gasteiger partial charge on any atom is -0.290 e. The van der Waals surface area contributed by atoms with Crippen molar-refractivity contribution < 1.29 is 0 Å². The second-order valence-electron chi connectivity index (χ2n) is 5.83. The third-order valence-electron chi connectivity index (χ3n) is 4.06. The van der Waals surface area contributed by atoms with Gasteiger partial charge in [-0.05, 0) is 29.8 Å². The second-order valence-corrected chi connectivity index (χ2v) is 5.83. The van der Waals surface area contributed by atoms with Gasteiger partial charge in [0.05, 0.1) is 16.6 Å². The lowest BCUT2D eigenvalue weighted by Crippen LogP contribution is -2.31. The van der Waals surface area contributed by atoms with Crippen molar-refractivity contribution in [3.05, 3.63) is 107 Å². The standard InChI is InChI=1S/C21H17N3O/c25-21-18-13-7-8-14-19(18)22-20(15-16-9-3-1-4-10-16)24(21)23-17-11-5-2-6-12-17/h1-14,23H,15H2. The van der Waals surface area contributed by atoms with E-state index >= 15 is 0 Å². The van der Waals surface area contributed by atoms with Gasteiger partial charge in [-0.3, -0.25) is 10.2 Å². The molecule has 0 radical (unpaired) electrons. The van der Waals surface area contributed by atoms with Gasteiger partial charge in [0.1, 0.15) is 5.82 Å². The summed E-state index contributed by atoms with van der Waals surface area (Å²) in [7, 11) is 0. The number of hydrogen-bond donors (Lipinski definition) is 1. The van der Waals surface area contributed by atoms with E-state index in [1.54, 1.807) is 10.7 Å².